The molecule has 304 valence electrons. The van der Waals surface area contributed by atoms with Crippen LogP contribution in [-0.4, -0.2) is 0 Å². The number of hydrogen-bond acceptors (Lipinski definition) is 3. The summed E-state index contributed by atoms with van der Waals surface area (Å²) in [6.45, 7) is 4.70. The molecule has 0 radical (unpaired) electrons. The van der Waals surface area contributed by atoms with Crippen LogP contribution in [0, 0.1) is 0 Å². The van der Waals surface area contributed by atoms with Crippen LogP contribution in [-0.2, 0) is 5.41 Å². The van der Waals surface area contributed by atoms with Crippen LogP contribution in [0.3, 0.4) is 0 Å². The topological polar surface area (TPSA) is 15.7 Å². The maximum absolute atomic E-state index is 7.33. The fourth-order valence-electron chi connectivity index (χ4n) is 10.1. The van der Waals surface area contributed by atoms with Gasteiger partial charge in [-0.1, -0.05) is 178 Å². The van der Waals surface area contributed by atoms with E-state index >= 15 is 0 Å². The molecule has 0 amide bonds. The van der Waals surface area contributed by atoms with Crippen molar-refractivity contribution in [2.45, 2.75) is 19.3 Å². The first-order valence-corrected chi connectivity index (χ1v) is 22.1. The van der Waals surface area contributed by atoms with Gasteiger partial charge in [0.2, 0.25) is 0 Å². The average Bonchev–Trinajstić information content (AvgIpc) is 3.58. The van der Waals surface area contributed by atoms with Crippen molar-refractivity contribution in [3.63, 3.8) is 0 Å². The molecule has 1 heterocycles. The van der Waals surface area contributed by atoms with E-state index in [-0.39, 0.29) is 5.41 Å². The molecule has 0 fully saturated rings. The highest BCUT2D eigenvalue weighted by Gasteiger charge is 2.36. The third kappa shape index (κ3) is 6.12. The second-order valence-corrected chi connectivity index (χ2v) is 17.3. The van der Waals surface area contributed by atoms with E-state index in [1.165, 1.54) is 44.5 Å². The third-order valence-electron chi connectivity index (χ3n) is 13.2. The van der Waals surface area contributed by atoms with E-state index in [4.69, 9.17) is 4.74 Å². The lowest BCUT2D eigenvalue weighted by Crippen LogP contribution is -2.17. The van der Waals surface area contributed by atoms with E-state index in [1.54, 1.807) is 0 Å². The third-order valence-corrected chi connectivity index (χ3v) is 13.2. The van der Waals surface area contributed by atoms with Crippen molar-refractivity contribution < 1.29 is 4.74 Å². The van der Waals surface area contributed by atoms with Gasteiger partial charge in [-0.05, 0) is 122 Å². The zero-order valence-electron chi connectivity index (χ0n) is 35.7. The van der Waals surface area contributed by atoms with Gasteiger partial charge < -0.3 is 14.5 Å². The molecule has 1 aliphatic carbocycles. The highest BCUT2D eigenvalue weighted by atomic mass is 16.5. The first kappa shape index (κ1) is 37.6. The van der Waals surface area contributed by atoms with Gasteiger partial charge in [0.25, 0.3) is 0 Å². The van der Waals surface area contributed by atoms with Crippen LogP contribution >= 0.6 is 0 Å². The maximum Gasteiger partial charge on any atom is 0.159 e. The van der Waals surface area contributed by atoms with Crippen molar-refractivity contribution in [1.82, 2.24) is 0 Å². The highest BCUT2D eigenvalue weighted by Crippen LogP contribution is 2.57. The highest BCUT2D eigenvalue weighted by molar-refractivity contribution is 6.11. The molecule has 0 bridgehead atoms. The van der Waals surface area contributed by atoms with Crippen LogP contribution in [0.4, 0.5) is 34.1 Å². The van der Waals surface area contributed by atoms with E-state index in [9.17, 15) is 0 Å². The minimum absolute atomic E-state index is 0.139. The van der Waals surface area contributed by atoms with Crippen molar-refractivity contribution in [3.8, 4) is 56.0 Å². The quantitative estimate of drug-likeness (QED) is 0.152. The van der Waals surface area contributed by atoms with Gasteiger partial charge in [-0.2, -0.15) is 0 Å². The second kappa shape index (κ2) is 15.0. The molecule has 12 rings (SSSR count). The van der Waals surface area contributed by atoms with E-state index in [1.807, 2.05) is 0 Å². The van der Waals surface area contributed by atoms with Crippen LogP contribution in [0.25, 0.3) is 55.3 Å². The molecule has 3 heteroatoms. The summed E-state index contributed by atoms with van der Waals surface area (Å²) in [7, 11) is 0. The summed E-state index contributed by atoms with van der Waals surface area (Å²) >= 11 is 0. The summed E-state index contributed by atoms with van der Waals surface area (Å²) in [5.41, 5.74) is 18.4. The lowest BCUT2D eigenvalue weighted by Gasteiger charge is -2.34. The number of hydrogen-bond donors (Lipinski definition) is 0. The smallest absolute Gasteiger partial charge is 0.159 e. The SMILES string of the molecule is CC1(C)c2ccccc2-c2ccc(N(c3ccccc3)c3cccc4c3-c3cccc5ccc(N(c6ccc(-c7ccccc7)cc6)c6ccc(-c7ccccc7)cc6)c(c35)O4)cc21. The Hall–Kier alpha value is -8.14. The van der Waals surface area contributed by atoms with Gasteiger partial charge in [0.15, 0.2) is 5.75 Å². The van der Waals surface area contributed by atoms with Gasteiger partial charge in [-0.15, -0.1) is 0 Å². The van der Waals surface area contributed by atoms with Crippen LogP contribution < -0.4 is 14.5 Å². The van der Waals surface area contributed by atoms with Gasteiger partial charge >= 0.3 is 0 Å². The summed E-state index contributed by atoms with van der Waals surface area (Å²) in [5.74, 6) is 1.65. The second-order valence-electron chi connectivity index (χ2n) is 17.3. The summed E-state index contributed by atoms with van der Waals surface area (Å²) < 4.78 is 7.33. The molecule has 0 unspecified atom stereocenters. The van der Waals surface area contributed by atoms with E-state index < -0.39 is 0 Å². The van der Waals surface area contributed by atoms with Gasteiger partial charge in [0, 0.05) is 39.1 Å². The van der Waals surface area contributed by atoms with Crippen LogP contribution in [0.15, 0.2) is 231 Å². The maximum atomic E-state index is 7.33. The molecule has 0 aromatic heterocycles. The van der Waals surface area contributed by atoms with Gasteiger partial charge in [0.05, 0.1) is 11.4 Å². The zero-order chi connectivity index (χ0) is 42.8. The van der Waals surface area contributed by atoms with Crippen molar-refractivity contribution in [2.24, 2.45) is 0 Å². The monoisotopic (exact) mass is 820 g/mol. The van der Waals surface area contributed by atoms with Crippen LogP contribution in [0.5, 0.6) is 11.5 Å². The fourth-order valence-corrected chi connectivity index (χ4v) is 10.1. The average molecular weight is 821 g/mol. The van der Waals surface area contributed by atoms with Crippen molar-refractivity contribution >= 4 is 44.9 Å². The molecule has 0 spiro atoms. The Morgan fingerprint density at radius 3 is 1.55 bits per heavy atom. The molecule has 1 aliphatic heterocycles. The van der Waals surface area contributed by atoms with Gasteiger partial charge in [0.1, 0.15) is 5.75 Å². The first-order chi connectivity index (χ1) is 31.5. The number of benzene rings is 10. The minimum atomic E-state index is -0.139. The van der Waals surface area contributed by atoms with E-state index in [0.717, 1.165) is 67.5 Å². The number of para-hydroxylation sites is 1. The first-order valence-electron chi connectivity index (χ1n) is 22.1. The molecule has 10 aromatic carbocycles. The molecule has 0 atom stereocenters. The predicted molar refractivity (Wildman–Crippen MR) is 267 cm³/mol. The van der Waals surface area contributed by atoms with Crippen LogP contribution in [0.1, 0.15) is 25.0 Å². The number of fused-ring (bicyclic) bond motifs is 5. The zero-order valence-corrected chi connectivity index (χ0v) is 35.7. The summed E-state index contributed by atoms with van der Waals surface area (Å²) in [6, 6.07) is 83.0. The molecule has 0 saturated carbocycles. The lowest BCUT2D eigenvalue weighted by molar-refractivity contribution is 0.488. The summed E-state index contributed by atoms with van der Waals surface area (Å²) in [6.07, 6.45) is 0. The fraction of sp³-hybridized carbons (Fsp3) is 0.0492. The largest absolute Gasteiger partial charge is 0.454 e. The van der Waals surface area contributed by atoms with Crippen molar-refractivity contribution in [2.75, 3.05) is 9.80 Å². The van der Waals surface area contributed by atoms with Crippen molar-refractivity contribution in [1.29, 1.82) is 0 Å². The molecule has 2 aliphatic rings. The standard InChI is InChI=1S/C61H44N2O/c1-61(2)53-25-13-12-23-50(53)51-38-37-49(40-54(51)61)63(46-21-10-5-11-22-46)55-26-15-27-57-59(55)52-24-14-20-45-32-39-56(60(64-57)58(45)52)62(47-33-28-43(29-34-47)41-16-6-3-7-17-41)48-35-30-44(31-36-48)42-18-8-4-9-19-42/h3-40H,1-2H3. The summed E-state index contributed by atoms with van der Waals surface area (Å²) in [4.78, 5) is 4.74. The Kier molecular flexibility index (Phi) is 8.84. The van der Waals surface area contributed by atoms with Gasteiger partial charge in [-0.25, -0.2) is 0 Å². The molecule has 0 saturated heterocycles. The van der Waals surface area contributed by atoms with Crippen LogP contribution in [0.2, 0.25) is 0 Å². The van der Waals surface area contributed by atoms with Gasteiger partial charge in [-0.3, -0.25) is 0 Å². The Morgan fingerprint density at radius 1 is 0.359 bits per heavy atom. The molecular formula is C61H44N2O. The predicted octanol–water partition coefficient (Wildman–Crippen LogP) is 17.2. The molecule has 3 nitrogen and oxygen atoms in total. The number of nitrogens with zero attached hydrogens (tertiary/aromatic N) is 2. The number of anilines is 6. The number of ether oxygens (including phenoxy) is 1. The molecule has 10 aromatic rings. The number of rotatable bonds is 8. The Labute approximate surface area is 374 Å². The lowest BCUT2D eigenvalue weighted by atomic mass is 9.82. The van der Waals surface area contributed by atoms with Crippen molar-refractivity contribution in [3.05, 3.63) is 242 Å². The van der Waals surface area contributed by atoms with E-state index in [0.29, 0.717) is 0 Å². The Bertz CT molecular complexity index is 3280. The molecular weight excluding hydrogens is 777 g/mol. The van der Waals surface area contributed by atoms with E-state index in [2.05, 4.69) is 254 Å². The minimum Gasteiger partial charge on any atom is -0.454 e. The molecule has 0 N–H and O–H groups in total. The molecule has 64 heavy (non-hydrogen) atoms. The normalized spacial score (nSPS) is 12.8. The Balaban J connectivity index is 1.03. The summed E-state index contributed by atoms with van der Waals surface area (Å²) in [5, 5.41) is 2.21. The Morgan fingerprint density at radius 2 is 0.875 bits per heavy atom.